The Morgan fingerprint density at radius 1 is 1.38 bits per heavy atom. The van der Waals surface area contributed by atoms with E-state index >= 15 is 0 Å². The van der Waals surface area contributed by atoms with E-state index in [1.807, 2.05) is 24.8 Å². The average molecular weight is 238 g/mol. The van der Waals surface area contributed by atoms with Crippen LogP contribution < -0.4 is 0 Å². The van der Waals surface area contributed by atoms with Crippen molar-refractivity contribution in [1.82, 2.24) is 9.88 Å². The third-order valence-electron chi connectivity index (χ3n) is 2.78. The van der Waals surface area contributed by atoms with Crippen molar-refractivity contribution in [2.45, 2.75) is 19.9 Å². The lowest BCUT2D eigenvalue weighted by atomic mass is 10.2. The fourth-order valence-electron chi connectivity index (χ4n) is 1.89. The molecule has 0 atom stereocenters. The van der Waals surface area contributed by atoms with Crippen molar-refractivity contribution in [2.24, 2.45) is 0 Å². The van der Waals surface area contributed by atoms with Gasteiger partial charge in [-0.15, -0.1) is 0 Å². The first-order valence-electron chi connectivity index (χ1n) is 5.71. The lowest BCUT2D eigenvalue weighted by Crippen LogP contribution is -2.26. The van der Waals surface area contributed by atoms with Crippen molar-refractivity contribution in [3.63, 3.8) is 0 Å². The third kappa shape index (κ3) is 3.12. The molecular formula is C12H18N2OS. The van der Waals surface area contributed by atoms with E-state index in [0.717, 1.165) is 31.0 Å². The molecule has 0 bridgehead atoms. The predicted molar refractivity (Wildman–Crippen MR) is 67.9 cm³/mol. The van der Waals surface area contributed by atoms with Crippen LogP contribution in [0.3, 0.4) is 0 Å². The van der Waals surface area contributed by atoms with Crippen LogP contribution in [0.1, 0.15) is 17.8 Å². The summed E-state index contributed by atoms with van der Waals surface area (Å²) in [5.74, 6) is 2.76. The average Bonchev–Trinajstić information content (AvgIpc) is 2.52. The van der Waals surface area contributed by atoms with Crippen LogP contribution in [0.2, 0.25) is 0 Å². The van der Waals surface area contributed by atoms with Gasteiger partial charge in [-0.1, -0.05) is 0 Å². The monoisotopic (exact) mass is 238 g/mol. The number of aromatic hydroxyl groups is 1. The highest BCUT2D eigenvalue weighted by Gasteiger charge is 2.12. The van der Waals surface area contributed by atoms with Crippen molar-refractivity contribution >= 4 is 11.8 Å². The molecule has 0 amide bonds. The smallest absolute Gasteiger partial charge is 0.138 e. The van der Waals surface area contributed by atoms with Gasteiger partial charge in [0.2, 0.25) is 0 Å². The molecule has 16 heavy (non-hydrogen) atoms. The highest BCUT2D eigenvalue weighted by molar-refractivity contribution is 7.99. The molecule has 0 radical (unpaired) electrons. The van der Waals surface area contributed by atoms with Gasteiger partial charge in [0.25, 0.3) is 0 Å². The summed E-state index contributed by atoms with van der Waals surface area (Å²) in [6, 6.07) is 3.58. The molecule has 1 aromatic rings. The number of thioether (sulfide) groups is 1. The van der Waals surface area contributed by atoms with Gasteiger partial charge in [0.15, 0.2) is 0 Å². The molecule has 0 unspecified atom stereocenters. The molecule has 2 rings (SSSR count). The Kier molecular flexibility index (Phi) is 4.07. The second-order valence-electron chi connectivity index (χ2n) is 4.16. The van der Waals surface area contributed by atoms with Gasteiger partial charge in [0, 0.05) is 24.5 Å². The fraction of sp³-hybridized carbons (Fsp3) is 0.583. The van der Waals surface area contributed by atoms with E-state index < -0.39 is 0 Å². The normalized spacial score (nSPS) is 18.3. The molecule has 0 aromatic carbocycles. The molecule has 0 spiro atoms. The molecule has 1 aliphatic rings. The minimum Gasteiger partial charge on any atom is -0.506 e. The summed E-state index contributed by atoms with van der Waals surface area (Å²) in [6.45, 7) is 4.94. The molecule has 0 saturated carbocycles. The highest BCUT2D eigenvalue weighted by atomic mass is 32.2. The van der Waals surface area contributed by atoms with Crippen molar-refractivity contribution in [2.75, 3.05) is 24.6 Å². The van der Waals surface area contributed by atoms with Gasteiger partial charge in [-0.3, -0.25) is 9.88 Å². The van der Waals surface area contributed by atoms with Crippen LogP contribution in [0.4, 0.5) is 0 Å². The Hall–Kier alpha value is -0.740. The maximum absolute atomic E-state index is 9.74. The van der Waals surface area contributed by atoms with Crippen LogP contribution in [-0.4, -0.2) is 39.6 Å². The van der Waals surface area contributed by atoms with E-state index in [4.69, 9.17) is 0 Å². The number of hydrogen-bond donors (Lipinski definition) is 1. The largest absolute Gasteiger partial charge is 0.506 e. The number of rotatable bonds is 2. The highest BCUT2D eigenvalue weighted by Crippen LogP contribution is 2.18. The Bertz CT molecular complexity index is 349. The molecule has 2 heterocycles. The van der Waals surface area contributed by atoms with Crippen LogP contribution in [0.15, 0.2) is 12.1 Å². The Morgan fingerprint density at radius 2 is 2.25 bits per heavy atom. The second kappa shape index (κ2) is 5.55. The van der Waals surface area contributed by atoms with Crippen molar-refractivity contribution < 1.29 is 5.11 Å². The van der Waals surface area contributed by atoms with Crippen LogP contribution in [0.25, 0.3) is 0 Å². The topological polar surface area (TPSA) is 36.4 Å². The van der Waals surface area contributed by atoms with Gasteiger partial charge in [0.05, 0.1) is 5.69 Å². The van der Waals surface area contributed by atoms with Gasteiger partial charge >= 0.3 is 0 Å². The molecule has 3 nitrogen and oxygen atoms in total. The minimum absolute atomic E-state index is 0.322. The van der Waals surface area contributed by atoms with E-state index in [2.05, 4.69) is 9.88 Å². The van der Waals surface area contributed by atoms with Gasteiger partial charge in [-0.05, 0) is 37.8 Å². The minimum atomic E-state index is 0.322. The number of pyridine rings is 1. The number of aryl methyl sites for hydroxylation is 1. The van der Waals surface area contributed by atoms with E-state index in [-0.39, 0.29) is 0 Å². The molecule has 4 heteroatoms. The van der Waals surface area contributed by atoms with Crippen LogP contribution in [0, 0.1) is 6.92 Å². The van der Waals surface area contributed by atoms with E-state index in [1.54, 1.807) is 6.07 Å². The van der Waals surface area contributed by atoms with Gasteiger partial charge in [0.1, 0.15) is 5.75 Å². The summed E-state index contributed by atoms with van der Waals surface area (Å²) in [7, 11) is 0. The molecule has 0 aliphatic carbocycles. The van der Waals surface area contributed by atoms with E-state index in [0.29, 0.717) is 5.75 Å². The fourth-order valence-corrected chi connectivity index (χ4v) is 2.81. The van der Waals surface area contributed by atoms with Crippen LogP contribution >= 0.6 is 11.8 Å². The Labute approximate surface area is 101 Å². The number of nitrogens with zero attached hydrogens (tertiary/aromatic N) is 2. The second-order valence-corrected chi connectivity index (χ2v) is 5.39. The third-order valence-corrected chi connectivity index (χ3v) is 3.83. The quantitative estimate of drug-likeness (QED) is 0.855. The maximum atomic E-state index is 9.74. The zero-order valence-corrected chi connectivity index (χ0v) is 10.5. The molecule has 1 aliphatic heterocycles. The molecule has 1 fully saturated rings. The first-order chi connectivity index (χ1) is 7.75. The van der Waals surface area contributed by atoms with Crippen LogP contribution in [-0.2, 0) is 6.54 Å². The predicted octanol–water partition coefficient (Wildman–Crippen LogP) is 2.03. The van der Waals surface area contributed by atoms with E-state index in [1.165, 1.54) is 17.9 Å². The van der Waals surface area contributed by atoms with Gasteiger partial charge < -0.3 is 5.11 Å². The molecule has 1 saturated heterocycles. The number of aromatic nitrogens is 1. The Morgan fingerprint density at radius 3 is 3.12 bits per heavy atom. The Balaban J connectivity index is 2.04. The zero-order valence-electron chi connectivity index (χ0n) is 9.65. The zero-order chi connectivity index (χ0) is 11.4. The molecule has 1 N–H and O–H groups in total. The number of hydrogen-bond acceptors (Lipinski definition) is 4. The summed E-state index contributed by atoms with van der Waals surface area (Å²) in [4.78, 5) is 6.78. The lowest BCUT2D eigenvalue weighted by molar-refractivity contribution is 0.278. The summed E-state index contributed by atoms with van der Waals surface area (Å²) >= 11 is 2.01. The van der Waals surface area contributed by atoms with Crippen LogP contribution in [0.5, 0.6) is 5.75 Å². The molecule has 1 aromatic heterocycles. The van der Waals surface area contributed by atoms with Crippen molar-refractivity contribution in [3.8, 4) is 5.75 Å². The van der Waals surface area contributed by atoms with Gasteiger partial charge in [-0.2, -0.15) is 11.8 Å². The maximum Gasteiger partial charge on any atom is 0.138 e. The lowest BCUT2D eigenvalue weighted by Gasteiger charge is -2.19. The van der Waals surface area contributed by atoms with Crippen molar-refractivity contribution in [3.05, 3.63) is 23.5 Å². The van der Waals surface area contributed by atoms with Crippen molar-refractivity contribution in [1.29, 1.82) is 0 Å². The summed E-state index contributed by atoms with van der Waals surface area (Å²) in [5.41, 5.74) is 1.78. The molecular weight excluding hydrogens is 220 g/mol. The first-order valence-corrected chi connectivity index (χ1v) is 6.87. The summed E-state index contributed by atoms with van der Waals surface area (Å²) in [6.07, 6.45) is 1.23. The summed E-state index contributed by atoms with van der Waals surface area (Å²) in [5, 5.41) is 9.74. The molecule has 88 valence electrons. The SMILES string of the molecule is Cc1ccc(O)c(CN2CCCSCC2)n1. The van der Waals surface area contributed by atoms with Gasteiger partial charge in [-0.25, -0.2) is 0 Å². The first kappa shape index (κ1) is 11.7. The van der Waals surface area contributed by atoms with E-state index in [9.17, 15) is 5.11 Å². The standard InChI is InChI=1S/C12H18N2OS/c1-10-3-4-12(15)11(13-10)9-14-5-2-7-16-8-6-14/h3-4,15H,2,5-9H2,1H3. The summed E-state index contributed by atoms with van der Waals surface area (Å²) < 4.78 is 0.